The lowest BCUT2D eigenvalue weighted by molar-refractivity contribution is -0.123. The number of Topliss-reactive ketones (excluding diaryl/α,β-unsaturated/α-hetero) is 1. The molecule has 0 bridgehead atoms. The molecule has 2 N–H and O–H groups in total. The zero-order valence-corrected chi connectivity index (χ0v) is 18.3. The molecule has 1 aromatic rings. The predicted molar refractivity (Wildman–Crippen MR) is 115 cm³/mol. The highest BCUT2D eigenvalue weighted by atomic mass is 16.5. The number of amides is 1. The summed E-state index contributed by atoms with van der Waals surface area (Å²) in [4.78, 5) is 25.8. The Kier molecular flexibility index (Phi) is 7.58. The molecule has 3 rings (SSSR count). The van der Waals surface area contributed by atoms with Crippen molar-refractivity contribution in [3.8, 4) is 17.2 Å². The summed E-state index contributed by atoms with van der Waals surface area (Å²) in [5.41, 5.74) is 0.336. The van der Waals surface area contributed by atoms with Crippen LogP contribution in [0.25, 0.3) is 0 Å². The van der Waals surface area contributed by atoms with Crippen LogP contribution in [0.5, 0.6) is 17.2 Å². The van der Waals surface area contributed by atoms with Gasteiger partial charge in [0.05, 0.1) is 27.4 Å². The zero-order chi connectivity index (χ0) is 21.6. The van der Waals surface area contributed by atoms with E-state index in [4.69, 9.17) is 14.2 Å². The lowest BCUT2D eigenvalue weighted by Crippen LogP contribution is -2.46. The van der Waals surface area contributed by atoms with Gasteiger partial charge in [-0.25, -0.2) is 0 Å². The molecular weight excluding hydrogens is 384 g/mol. The molecule has 1 aliphatic heterocycles. The van der Waals surface area contributed by atoms with Crippen molar-refractivity contribution < 1.29 is 23.8 Å². The Hall–Kier alpha value is -2.28. The van der Waals surface area contributed by atoms with Gasteiger partial charge in [-0.1, -0.05) is 19.3 Å². The number of ether oxygens (including phenoxy) is 3. The van der Waals surface area contributed by atoms with Crippen molar-refractivity contribution in [1.29, 1.82) is 0 Å². The van der Waals surface area contributed by atoms with Crippen LogP contribution < -0.4 is 24.8 Å². The molecule has 0 radical (unpaired) electrons. The summed E-state index contributed by atoms with van der Waals surface area (Å²) in [7, 11) is 4.63. The molecule has 7 nitrogen and oxygen atoms in total. The van der Waals surface area contributed by atoms with Gasteiger partial charge in [-0.15, -0.1) is 0 Å². The topological polar surface area (TPSA) is 85.9 Å². The van der Waals surface area contributed by atoms with Gasteiger partial charge in [-0.05, 0) is 49.8 Å². The van der Waals surface area contributed by atoms with Gasteiger partial charge < -0.3 is 24.8 Å². The quantitative estimate of drug-likeness (QED) is 0.600. The van der Waals surface area contributed by atoms with Gasteiger partial charge in [-0.2, -0.15) is 0 Å². The first-order chi connectivity index (χ1) is 14.5. The van der Waals surface area contributed by atoms with E-state index < -0.39 is 0 Å². The van der Waals surface area contributed by atoms with Gasteiger partial charge >= 0.3 is 0 Å². The molecule has 30 heavy (non-hydrogen) atoms. The van der Waals surface area contributed by atoms with E-state index in [0.29, 0.717) is 35.8 Å². The number of nitrogens with one attached hydrogen (secondary N) is 2. The van der Waals surface area contributed by atoms with Crippen molar-refractivity contribution in [2.24, 2.45) is 5.41 Å². The van der Waals surface area contributed by atoms with Crippen molar-refractivity contribution >= 4 is 11.7 Å². The number of methoxy groups -OCH3 is 3. The Labute approximate surface area is 178 Å². The molecule has 2 aliphatic rings. The summed E-state index contributed by atoms with van der Waals surface area (Å²) in [6.45, 7) is 1.43. The van der Waals surface area contributed by atoms with Crippen LogP contribution in [0.15, 0.2) is 12.1 Å². The number of benzene rings is 1. The molecular formula is C23H34N2O5. The molecule has 2 fully saturated rings. The van der Waals surface area contributed by atoms with Crippen LogP contribution in [0.1, 0.15) is 61.7 Å². The van der Waals surface area contributed by atoms with E-state index >= 15 is 0 Å². The van der Waals surface area contributed by atoms with Crippen LogP contribution in [0.3, 0.4) is 0 Å². The first-order valence-electron chi connectivity index (χ1n) is 10.9. The molecule has 0 aromatic heterocycles. The molecule has 1 heterocycles. The third-order valence-corrected chi connectivity index (χ3v) is 6.45. The first kappa shape index (κ1) is 22.4. The van der Waals surface area contributed by atoms with Crippen LogP contribution in [0, 0.1) is 5.41 Å². The van der Waals surface area contributed by atoms with Crippen molar-refractivity contribution in [3.63, 3.8) is 0 Å². The van der Waals surface area contributed by atoms with E-state index in [1.54, 1.807) is 33.5 Å². The lowest BCUT2D eigenvalue weighted by Gasteiger charge is -2.37. The fourth-order valence-electron chi connectivity index (χ4n) is 4.71. The Morgan fingerprint density at radius 3 is 2.23 bits per heavy atom. The minimum atomic E-state index is -0.204. The van der Waals surface area contributed by atoms with E-state index in [9.17, 15) is 9.59 Å². The summed E-state index contributed by atoms with van der Waals surface area (Å²) in [5, 5.41) is 6.37. The average Bonchev–Trinajstić information content (AvgIpc) is 3.32. The van der Waals surface area contributed by atoms with Crippen LogP contribution in [-0.2, 0) is 4.79 Å². The van der Waals surface area contributed by atoms with Gasteiger partial charge in [0.15, 0.2) is 17.3 Å². The van der Waals surface area contributed by atoms with E-state index in [1.807, 2.05) is 0 Å². The largest absolute Gasteiger partial charge is 0.493 e. The van der Waals surface area contributed by atoms with E-state index in [-0.39, 0.29) is 23.1 Å². The molecule has 1 aromatic carbocycles. The number of hydrogen-bond donors (Lipinski definition) is 2. The smallest absolute Gasteiger partial charge is 0.237 e. The zero-order valence-electron chi connectivity index (χ0n) is 18.3. The van der Waals surface area contributed by atoms with Crippen LogP contribution in [0.4, 0.5) is 0 Å². The minimum absolute atomic E-state index is 0.0318. The van der Waals surface area contributed by atoms with Gasteiger partial charge in [0, 0.05) is 18.5 Å². The fourth-order valence-corrected chi connectivity index (χ4v) is 4.71. The molecule has 0 unspecified atom stereocenters. The SMILES string of the molecule is COc1cc(C(=O)CC2(CNC(=O)[C@@H]3CCCN3)CCCCC2)cc(OC)c1OC. The van der Waals surface area contributed by atoms with Gasteiger partial charge in [0.25, 0.3) is 0 Å². The van der Waals surface area contributed by atoms with Crippen molar-refractivity contribution in [1.82, 2.24) is 10.6 Å². The Balaban J connectivity index is 1.75. The Morgan fingerprint density at radius 2 is 1.70 bits per heavy atom. The number of rotatable bonds is 9. The van der Waals surface area contributed by atoms with Crippen molar-refractivity contribution in [3.05, 3.63) is 17.7 Å². The molecule has 1 amide bonds. The van der Waals surface area contributed by atoms with Gasteiger partial charge in [-0.3, -0.25) is 9.59 Å². The average molecular weight is 419 g/mol. The third kappa shape index (κ3) is 5.06. The van der Waals surface area contributed by atoms with Gasteiger partial charge in [0.2, 0.25) is 11.7 Å². The van der Waals surface area contributed by atoms with Crippen molar-refractivity contribution in [2.45, 2.75) is 57.4 Å². The summed E-state index contributed by atoms with van der Waals surface area (Å²) in [6, 6.07) is 3.32. The van der Waals surface area contributed by atoms with Crippen LogP contribution in [-0.4, -0.2) is 52.2 Å². The Morgan fingerprint density at radius 1 is 1.03 bits per heavy atom. The summed E-state index contributed by atoms with van der Waals surface area (Å²) >= 11 is 0. The highest BCUT2D eigenvalue weighted by Gasteiger charge is 2.36. The number of ketones is 1. The molecule has 1 atom stereocenters. The predicted octanol–water partition coefficient (Wildman–Crippen LogP) is 3.10. The highest BCUT2D eigenvalue weighted by molar-refractivity contribution is 5.98. The van der Waals surface area contributed by atoms with E-state index in [1.165, 1.54) is 6.42 Å². The van der Waals surface area contributed by atoms with Gasteiger partial charge in [0.1, 0.15) is 0 Å². The molecule has 1 saturated carbocycles. The highest BCUT2D eigenvalue weighted by Crippen LogP contribution is 2.42. The second kappa shape index (κ2) is 10.2. The fraction of sp³-hybridized carbons (Fsp3) is 0.652. The second-order valence-corrected chi connectivity index (χ2v) is 8.44. The molecule has 166 valence electrons. The standard InChI is InChI=1S/C23H34N2O5/c1-28-19-12-16(13-20(29-2)21(19)30-3)18(26)14-23(9-5-4-6-10-23)15-25-22(27)17-8-7-11-24-17/h12-13,17,24H,4-11,14-15H2,1-3H3,(H,25,27)/t17-/m0/s1. The molecule has 0 spiro atoms. The maximum Gasteiger partial charge on any atom is 0.237 e. The third-order valence-electron chi connectivity index (χ3n) is 6.45. The van der Waals surface area contributed by atoms with Crippen molar-refractivity contribution in [2.75, 3.05) is 34.4 Å². The van der Waals surface area contributed by atoms with Crippen LogP contribution >= 0.6 is 0 Å². The maximum atomic E-state index is 13.3. The van der Waals surface area contributed by atoms with Crippen LogP contribution in [0.2, 0.25) is 0 Å². The number of hydrogen-bond acceptors (Lipinski definition) is 6. The Bertz CT molecular complexity index is 727. The summed E-state index contributed by atoms with van der Waals surface area (Å²) < 4.78 is 16.2. The normalized spacial score (nSPS) is 20.4. The number of carbonyl (C=O) groups excluding carboxylic acids is 2. The lowest BCUT2D eigenvalue weighted by atomic mass is 9.70. The molecule has 7 heteroatoms. The summed E-state index contributed by atoms with van der Waals surface area (Å²) in [5.74, 6) is 1.50. The molecule has 1 aliphatic carbocycles. The number of carbonyl (C=O) groups is 2. The monoisotopic (exact) mass is 418 g/mol. The van der Waals surface area contributed by atoms with E-state index in [0.717, 1.165) is 45.1 Å². The van der Waals surface area contributed by atoms with E-state index in [2.05, 4.69) is 10.6 Å². The first-order valence-corrected chi connectivity index (χ1v) is 10.9. The second-order valence-electron chi connectivity index (χ2n) is 8.44. The minimum Gasteiger partial charge on any atom is -0.493 e. The maximum absolute atomic E-state index is 13.3. The summed E-state index contributed by atoms with van der Waals surface area (Å²) in [6.07, 6.45) is 7.54. The molecule has 1 saturated heterocycles.